The maximum Gasteiger partial charge on any atom is 0.272 e. The van der Waals surface area contributed by atoms with Crippen LogP contribution >= 0.6 is 11.3 Å². The Morgan fingerprint density at radius 2 is 1.86 bits per heavy atom. The van der Waals surface area contributed by atoms with E-state index in [0.29, 0.717) is 16.6 Å². The molecule has 0 radical (unpaired) electrons. The van der Waals surface area contributed by atoms with E-state index in [1.165, 1.54) is 16.7 Å². The van der Waals surface area contributed by atoms with E-state index in [9.17, 15) is 5.11 Å². The van der Waals surface area contributed by atoms with E-state index in [1.807, 2.05) is 36.4 Å². The normalized spacial score (nSPS) is 11.0. The number of hydrogen-bond acceptors (Lipinski definition) is 5. The van der Waals surface area contributed by atoms with Crippen molar-refractivity contribution in [1.29, 1.82) is 0 Å². The zero-order valence-electron chi connectivity index (χ0n) is 10.9. The fourth-order valence-electron chi connectivity index (χ4n) is 2.22. The summed E-state index contributed by atoms with van der Waals surface area (Å²) in [6.07, 6.45) is 0. The Bertz CT molecular complexity index is 927. The molecule has 4 aromatic rings. The van der Waals surface area contributed by atoms with Gasteiger partial charge in [-0.15, -0.1) is 11.3 Å². The van der Waals surface area contributed by atoms with Gasteiger partial charge in [0.25, 0.3) is 5.89 Å². The van der Waals surface area contributed by atoms with Gasteiger partial charge in [0.2, 0.25) is 5.82 Å². The lowest BCUT2D eigenvalue weighted by atomic mass is 10.1. The van der Waals surface area contributed by atoms with Crippen LogP contribution in [0.1, 0.15) is 0 Å². The predicted molar refractivity (Wildman–Crippen MR) is 82.2 cm³/mol. The molecule has 2 heterocycles. The van der Waals surface area contributed by atoms with Crippen molar-refractivity contribution in [1.82, 2.24) is 10.1 Å². The molecule has 0 bridgehead atoms. The average molecular weight is 294 g/mol. The van der Waals surface area contributed by atoms with E-state index in [4.69, 9.17) is 4.52 Å². The van der Waals surface area contributed by atoms with Gasteiger partial charge in [-0.2, -0.15) is 4.98 Å². The molecule has 0 amide bonds. The van der Waals surface area contributed by atoms with Crippen molar-refractivity contribution in [2.24, 2.45) is 0 Å². The number of thiophene rings is 1. The number of fused-ring (bicyclic) bond motifs is 1. The summed E-state index contributed by atoms with van der Waals surface area (Å²) in [5.74, 6) is 1.02. The van der Waals surface area contributed by atoms with Crippen LogP contribution < -0.4 is 0 Å². The van der Waals surface area contributed by atoms with Crippen molar-refractivity contribution in [3.8, 4) is 27.9 Å². The van der Waals surface area contributed by atoms with Crippen LogP contribution in [-0.4, -0.2) is 15.2 Å². The molecule has 4 nitrogen and oxygen atoms in total. The van der Waals surface area contributed by atoms with Gasteiger partial charge < -0.3 is 9.63 Å². The van der Waals surface area contributed by atoms with Crippen molar-refractivity contribution in [3.63, 3.8) is 0 Å². The van der Waals surface area contributed by atoms with Crippen LogP contribution in [0.25, 0.3) is 32.9 Å². The second kappa shape index (κ2) is 4.71. The summed E-state index contributed by atoms with van der Waals surface area (Å²) in [6, 6.07) is 15.7. The van der Waals surface area contributed by atoms with Crippen LogP contribution in [0.4, 0.5) is 0 Å². The van der Waals surface area contributed by atoms with Crippen LogP contribution in [-0.2, 0) is 0 Å². The van der Waals surface area contributed by atoms with Gasteiger partial charge in [-0.1, -0.05) is 41.6 Å². The summed E-state index contributed by atoms with van der Waals surface area (Å²) < 4.78 is 5.25. The molecule has 5 heteroatoms. The minimum atomic E-state index is 0.161. The fourth-order valence-corrected chi connectivity index (χ4v) is 2.93. The quantitative estimate of drug-likeness (QED) is 0.598. The molecule has 0 atom stereocenters. The summed E-state index contributed by atoms with van der Waals surface area (Å²) in [5.41, 5.74) is 0.889. The standard InChI is InChI=1S/C16H10N2O2S/c19-13-7-8-21-14(13)16-17-15(18-20-16)12-6-5-10-3-1-2-4-11(10)9-12/h1-9,19H. The fraction of sp³-hybridized carbons (Fsp3) is 0. The van der Waals surface area contributed by atoms with Crippen molar-refractivity contribution in [3.05, 3.63) is 53.9 Å². The first kappa shape index (κ1) is 12.1. The van der Waals surface area contributed by atoms with Gasteiger partial charge in [0.05, 0.1) is 0 Å². The molecule has 1 N–H and O–H groups in total. The number of nitrogens with zero attached hydrogens (tertiary/aromatic N) is 2. The zero-order chi connectivity index (χ0) is 14.2. The summed E-state index contributed by atoms with van der Waals surface area (Å²) in [6.45, 7) is 0. The van der Waals surface area contributed by atoms with Crippen LogP contribution in [0.5, 0.6) is 5.75 Å². The van der Waals surface area contributed by atoms with Crippen LogP contribution in [0.3, 0.4) is 0 Å². The van der Waals surface area contributed by atoms with Crippen molar-refractivity contribution < 1.29 is 9.63 Å². The minimum absolute atomic E-state index is 0.161. The Morgan fingerprint density at radius 3 is 2.67 bits per heavy atom. The lowest BCUT2D eigenvalue weighted by Crippen LogP contribution is -1.81. The third-order valence-electron chi connectivity index (χ3n) is 3.27. The topological polar surface area (TPSA) is 59.2 Å². The van der Waals surface area contributed by atoms with Gasteiger partial charge in [0, 0.05) is 5.56 Å². The Balaban J connectivity index is 1.79. The van der Waals surface area contributed by atoms with Gasteiger partial charge in [-0.3, -0.25) is 0 Å². The van der Waals surface area contributed by atoms with Gasteiger partial charge in [-0.25, -0.2) is 0 Å². The molecule has 0 unspecified atom stereocenters. The number of rotatable bonds is 2. The largest absolute Gasteiger partial charge is 0.506 e. The lowest BCUT2D eigenvalue weighted by molar-refractivity contribution is 0.427. The summed E-state index contributed by atoms with van der Waals surface area (Å²) in [4.78, 5) is 4.96. The van der Waals surface area contributed by atoms with Crippen molar-refractivity contribution in [2.75, 3.05) is 0 Å². The number of aromatic nitrogens is 2. The molecule has 0 saturated carbocycles. The molecule has 2 aromatic carbocycles. The number of aromatic hydroxyl groups is 1. The van der Waals surface area contributed by atoms with E-state index in [-0.39, 0.29) is 5.75 Å². The second-order valence-electron chi connectivity index (χ2n) is 4.62. The maximum atomic E-state index is 9.71. The molecule has 0 aliphatic heterocycles. The first-order chi connectivity index (χ1) is 10.3. The summed E-state index contributed by atoms with van der Waals surface area (Å²) >= 11 is 1.37. The molecule has 0 saturated heterocycles. The number of hydrogen-bond donors (Lipinski definition) is 1. The van der Waals surface area contributed by atoms with Crippen molar-refractivity contribution in [2.45, 2.75) is 0 Å². The molecule has 4 rings (SSSR count). The Hall–Kier alpha value is -2.66. The lowest BCUT2D eigenvalue weighted by Gasteiger charge is -1.99. The molecule has 2 aromatic heterocycles. The van der Waals surface area contributed by atoms with Crippen LogP contribution in [0, 0.1) is 0 Å². The summed E-state index contributed by atoms with van der Waals surface area (Å²) in [7, 11) is 0. The SMILES string of the molecule is Oc1ccsc1-c1nc(-c2ccc3ccccc3c2)no1. The molecule has 0 spiro atoms. The van der Waals surface area contributed by atoms with Crippen LogP contribution in [0.2, 0.25) is 0 Å². The van der Waals surface area contributed by atoms with Gasteiger partial charge >= 0.3 is 0 Å². The number of benzene rings is 2. The third-order valence-corrected chi connectivity index (χ3v) is 4.16. The zero-order valence-corrected chi connectivity index (χ0v) is 11.7. The van der Waals surface area contributed by atoms with E-state index in [2.05, 4.69) is 16.2 Å². The molecule has 102 valence electrons. The highest BCUT2D eigenvalue weighted by Crippen LogP contribution is 2.34. The average Bonchev–Trinajstić information content (AvgIpc) is 3.15. The Kier molecular flexibility index (Phi) is 2.72. The van der Waals surface area contributed by atoms with E-state index in [0.717, 1.165) is 10.9 Å². The molecular weight excluding hydrogens is 284 g/mol. The van der Waals surface area contributed by atoms with E-state index < -0.39 is 0 Å². The molecular formula is C16H10N2O2S. The highest BCUT2D eigenvalue weighted by atomic mass is 32.1. The highest BCUT2D eigenvalue weighted by Gasteiger charge is 2.15. The van der Waals surface area contributed by atoms with Crippen LogP contribution in [0.15, 0.2) is 58.4 Å². The smallest absolute Gasteiger partial charge is 0.272 e. The van der Waals surface area contributed by atoms with Crippen molar-refractivity contribution >= 4 is 22.1 Å². The molecule has 0 fully saturated rings. The summed E-state index contributed by atoms with van der Waals surface area (Å²) in [5, 5.41) is 17.8. The van der Waals surface area contributed by atoms with Gasteiger partial charge in [0.1, 0.15) is 10.6 Å². The van der Waals surface area contributed by atoms with Gasteiger partial charge in [0.15, 0.2) is 0 Å². The van der Waals surface area contributed by atoms with Gasteiger partial charge in [-0.05, 0) is 28.3 Å². The molecule has 0 aliphatic carbocycles. The Morgan fingerprint density at radius 1 is 1.00 bits per heavy atom. The highest BCUT2D eigenvalue weighted by molar-refractivity contribution is 7.13. The van der Waals surface area contributed by atoms with E-state index in [1.54, 1.807) is 11.4 Å². The predicted octanol–water partition coefficient (Wildman–Crippen LogP) is 4.32. The minimum Gasteiger partial charge on any atom is -0.506 e. The Labute approximate surface area is 124 Å². The molecule has 0 aliphatic rings. The maximum absolute atomic E-state index is 9.71. The monoisotopic (exact) mass is 294 g/mol. The molecule has 21 heavy (non-hydrogen) atoms. The first-order valence-corrected chi connectivity index (χ1v) is 7.29. The van der Waals surface area contributed by atoms with E-state index >= 15 is 0 Å². The first-order valence-electron chi connectivity index (χ1n) is 6.41. The third kappa shape index (κ3) is 2.08. The second-order valence-corrected chi connectivity index (χ2v) is 5.54.